The first-order chi connectivity index (χ1) is 16.2. The van der Waals surface area contributed by atoms with Crippen LogP contribution in [0.15, 0.2) is 67.0 Å². The molecule has 1 amide bonds. The number of methoxy groups -OCH3 is 2. The molecule has 0 bridgehead atoms. The summed E-state index contributed by atoms with van der Waals surface area (Å²) in [6.07, 6.45) is 7.82. The number of nitrogens with one attached hydrogen (secondary N) is 1. The molecule has 0 saturated heterocycles. The van der Waals surface area contributed by atoms with Crippen molar-refractivity contribution in [3.05, 3.63) is 78.1 Å². The van der Waals surface area contributed by atoms with Crippen molar-refractivity contribution in [3.8, 4) is 17.2 Å². The molecule has 0 spiro atoms. The first-order valence-corrected chi connectivity index (χ1v) is 11.2. The molecule has 0 unspecified atom stereocenters. The second-order valence-corrected chi connectivity index (χ2v) is 8.01. The van der Waals surface area contributed by atoms with Crippen molar-refractivity contribution in [1.82, 2.24) is 20.0 Å². The summed E-state index contributed by atoms with van der Waals surface area (Å²) in [6, 6.07) is 15.9. The predicted octanol–water partition coefficient (Wildman–Crippen LogP) is 3.34. The molecule has 0 aliphatic carbocycles. The van der Waals surface area contributed by atoms with Crippen LogP contribution < -0.4 is 14.8 Å². The third kappa shape index (κ3) is 5.81. The molecule has 3 aromatic rings. The molecule has 1 N–H and O–H groups in total. The lowest BCUT2D eigenvalue weighted by Crippen LogP contribution is -2.39. The monoisotopic (exact) mass is 446 g/mol. The second-order valence-electron chi connectivity index (χ2n) is 8.01. The van der Waals surface area contributed by atoms with Gasteiger partial charge in [-0.3, -0.25) is 9.69 Å². The number of para-hydroxylation sites is 1. The van der Waals surface area contributed by atoms with Gasteiger partial charge in [-0.1, -0.05) is 30.3 Å². The molecular weight excluding hydrogens is 416 g/mol. The minimum Gasteiger partial charge on any atom is -0.493 e. The highest BCUT2D eigenvalue weighted by Gasteiger charge is 2.17. The van der Waals surface area contributed by atoms with Gasteiger partial charge in [0.25, 0.3) is 0 Å². The number of benzene rings is 2. The average molecular weight is 447 g/mol. The van der Waals surface area contributed by atoms with Crippen LogP contribution in [0.25, 0.3) is 11.3 Å². The maximum atomic E-state index is 12.4. The Balaban J connectivity index is 1.23. The first kappa shape index (κ1) is 22.6. The Morgan fingerprint density at radius 3 is 2.64 bits per heavy atom. The average Bonchev–Trinajstić information content (AvgIpc) is 3.35. The maximum Gasteiger partial charge on any atom is 0.234 e. The van der Waals surface area contributed by atoms with Crippen molar-refractivity contribution >= 4 is 11.5 Å². The predicted molar refractivity (Wildman–Crippen MR) is 129 cm³/mol. The molecule has 1 aromatic heterocycles. The van der Waals surface area contributed by atoms with Gasteiger partial charge in [-0.2, -0.15) is 5.10 Å². The van der Waals surface area contributed by atoms with Crippen LogP contribution in [-0.4, -0.2) is 61.0 Å². The SMILES string of the molecule is COc1ccc(CCNC(=O)CN2CC=C(c3cnn(-c4ccccc4)c3)CC2)cc1OC. The van der Waals surface area contributed by atoms with Crippen molar-refractivity contribution in [1.29, 1.82) is 0 Å². The smallest absolute Gasteiger partial charge is 0.234 e. The lowest BCUT2D eigenvalue weighted by molar-refractivity contribution is -0.122. The van der Waals surface area contributed by atoms with Crippen LogP contribution in [-0.2, 0) is 11.2 Å². The zero-order valence-corrected chi connectivity index (χ0v) is 19.2. The largest absolute Gasteiger partial charge is 0.493 e. The summed E-state index contributed by atoms with van der Waals surface area (Å²) in [5.41, 5.74) is 4.56. The normalized spacial score (nSPS) is 13.9. The van der Waals surface area contributed by atoms with Crippen molar-refractivity contribution in [2.75, 3.05) is 40.4 Å². The number of rotatable bonds is 9. The Labute approximate surface area is 194 Å². The topological polar surface area (TPSA) is 68.6 Å². The number of hydrogen-bond donors (Lipinski definition) is 1. The molecule has 0 saturated carbocycles. The molecule has 2 heterocycles. The third-order valence-electron chi connectivity index (χ3n) is 5.82. The van der Waals surface area contributed by atoms with Gasteiger partial charge < -0.3 is 14.8 Å². The summed E-state index contributed by atoms with van der Waals surface area (Å²) in [7, 11) is 3.24. The van der Waals surface area contributed by atoms with E-state index in [1.54, 1.807) is 14.2 Å². The summed E-state index contributed by atoms with van der Waals surface area (Å²) in [4.78, 5) is 14.6. The molecular formula is C26H30N4O3. The van der Waals surface area contributed by atoms with Gasteiger partial charge in [0.1, 0.15) is 0 Å². The van der Waals surface area contributed by atoms with E-state index < -0.39 is 0 Å². The van der Waals surface area contributed by atoms with Gasteiger partial charge in [-0.25, -0.2) is 4.68 Å². The number of nitrogens with zero attached hydrogens (tertiary/aromatic N) is 3. The van der Waals surface area contributed by atoms with Crippen LogP contribution in [0.1, 0.15) is 17.5 Å². The molecule has 0 fully saturated rings. The standard InChI is InChI=1S/C26H30N4O3/c1-32-24-9-8-20(16-25(24)33-2)10-13-27-26(31)19-29-14-11-21(12-15-29)22-17-28-30(18-22)23-6-4-3-5-7-23/h3-9,11,16-18H,10,12-15,19H2,1-2H3,(H,27,31). The van der Waals surface area contributed by atoms with E-state index in [0.717, 1.165) is 42.7 Å². The minimum atomic E-state index is 0.0456. The second kappa shape index (κ2) is 10.8. The van der Waals surface area contributed by atoms with Crippen LogP contribution in [0.3, 0.4) is 0 Å². The van der Waals surface area contributed by atoms with E-state index in [0.29, 0.717) is 24.6 Å². The van der Waals surface area contributed by atoms with Gasteiger partial charge in [0.2, 0.25) is 5.91 Å². The number of hydrogen-bond acceptors (Lipinski definition) is 5. The fourth-order valence-electron chi connectivity index (χ4n) is 3.97. The summed E-state index contributed by atoms with van der Waals surface area (Å²) in [5, 5.41) is 7.51. The molecule has 7 nitrogen and oxygen atoms in total. The van der Waals surface area contributed by atoms with Crippen LogP contribution >= 0.6 is 0 Å². The molecule has 33 heavy (non-hydrogen) atoms. The Morgan fingerprint density at radius 1 is 1.09 bits per heavy atom. The Kier molecular flexibility index (Phi) is 7.42. The highest BCUT2D eigenvalue weighted by atomic mass is 16.5. The fraction of sp³-hybridized carbons (Fsp3) is 0.308. The number of ether oxygens (including phenoxy) is 2. The molecule has 4 rings (SSSR count). The van der Waals surface area contributed by atoms with E-state index >= 15 is 0 Å². The Hall–Kier alpha value is -3.58. The minimum absolute atomic E-state index is 0.0456. The molecule has 1 aliphatic rings. The van der Waals surface area contributed by atoms with Gasteiger partial charge in [0, 0.05) is 31.4 Å². The molecule has 0 radical (unpaired) electrons. The molecule has 1 aliphatic heterocycles. The summed E-state index contributed by atoms with van der Waals surface area (Å²) in [5.74, 6) is 1.45. The van der Waals surface area contributed by atoms with Crippen LogP contribution in [0.2, 0.25) is 0 Å². The van der Waals surface area contributed by atoms with Crippen molar-refractivity contribution in [3.63, 3.8) is 0 Å². The molecule has 172 valence electrons. The summed E-state index contributed by atoms with van der Waals surface area (Å²) >= 11 is 0. The third-order valence-corrected chi connectivity index (χ3v) is 5.82. The van der Waals surface area contributed by atoms with Crippen molar-refractivity contribution in [2.24, 2.45) is 0 Å². The lowest BCUT2D eigenvalue weighted by atomic mass is 10.0. The van der Waals surface area contributed by atoms with Gasteiger partial charge in [0.15, 0.2) is 11.5 Å². The highest BCUT2D eigenvalue weighted by molar-refractivity contribution is 5.78. The van der Waals surface area contributed by atoms with Crippen molar-refractivity contribution in [2.45, 2.75) is 12.8 Å². The zero-order chi connectivity index (χ0) is 23.0. The Morgan fingerprint density at radius 2 is 1.91 bits per heavy atom. The number of carbonyl (C=O) groups excluding carboxylic acids is 1. The highest BCUT2D eigenvalue weighted by Crippen LogP contribution is 2.27. The number of carbonyl (C=O) groups is 1. The Bertz CT molecular complexity index is 1110. The number of amides is 1. The van der Waals surface area contributed by atoms with Crippen LogP contribution in [0.5, 0.6) is 11.5 Å². The van der Waals surface area contributed by atoms with E-state index in [1.165, 1.54) is 5.57 Å². The summed E-state index contributed by atoms with van der Waals surface area (Å²) < 4.78 is 12.5. The number of aromatic nitrogens is 2. The van der Waals surface area contributed by atoms with E-state index in [4.69, 9.17) is 9.47 Å². The van der Waals surface area contributed by atoms with E-state index in [2.05, 4.69) is 27.6 Å². The van der Waals surface area contributed by atoms with Gasteiger partial charge >= 0.3 is 0 Å². The van der Waals surface area contributed by atoms with E-state index in [1.807, 2.05) is 59.4 Å². The maximum absolute atomic E-state index is 12.4. The van der Waals surface area contributed by atoms with Gasteiger partial charge in [-0.05, 0) is 48.2 Å². The van der Waals surface area contributed by atoms with E-state index in [9.17, 15) is 4.79 Å². The first-order valence-electron chi connectivity index (χ1n) is 11.2. The lowest BCUT2D eigenvalue weighted by Gasteiger charge is -2.25. The molecule has 7 heteroatoms. The van der Waals surface area contributed by atoms with Gasteiger partial charge in [-0.15, -0.1) is 0 Å². The van der Waals surface area contributed by atoms with E-state index in [-0.39, 0.29) is 5.91 Å². The quantitative estimate of drug-likeness (QED) is 0.546. The van der Waals surface area contributed by atoms with Crippen LogP contribution in [0, 0.1) is 0 Å². The van der Waals surface area contributed by atoms with Crippen LogP contribution in [0.4, 0.5) is 0 Å². The zero-order valence-electron chi connectivity index (χ0n) is 19.2. The van der Waals surface area contributed by atoms with Crippen molar-refractivity contribution < 1.29 is 14.3 Å². The molecule has 0 atom stereocenters. The molecule has 2 aromatic carbocycles. The summed E-state index contributed by atoms with van der Waals surface area (Å²) in [6.45, 7) is 2.60. The van der Waals surface area contributed by atoms with Gasteiger partial charge in [0.05, 0.1) is 32.6 Å². The fourth-order valence-corrected chi connectivity index (χ4v) is 3.97.